The highest BCUT2D eigenvalue weighted by molar-refractivity contribution is 6.11. The Hall–Kier alpha value is -3.87. The van der Waals surface area contributed by atoms with E-state index >= 15 is 0 Å². The van der Waals surface area contributed by atoms with Gasteiger partial charge in [0.2, 0.25) is 5.91 Å². The second-order valence-electron chi connectivity index (χ2n) is 7.12. The Kier molecular flexibility index (Phi) is 5.84. The molecule has 0 fully saturated rings. The predicted octanol–water partition coefficient (Wildman–Crippen LogP) is 3.51. The Labute approximate surface area is 180 Å². The lowest BCUT2D eigenvalue weighted by molar-refractivity contribution is -0.121. The molecular formula is C24H23N3O4. The van der Waals surface area contributed by atoms with Crippen molar-refractivity contribution in [2.75, 3.05) is 19.1 Å². The zero-order chi connectivity index (χ0) is 21.8. The minimum absolute atomic E-state index is 0.100. The van der Waals surface area contributed by atoms with Gasteiger partial charge in [-0.25, -0.2) is 0 Å². The Balaban J connectivity index is 1.53. The van der Waals surface area contributed by atoms with Crippen LogP contribution in [0.4, 0.5) is 5.69 Å². The lowest BCUT2D eigenvalue weighted by Gasteiger charge is -2.24. The van der Waals surface area contributed by atoms with Crippen LogP contribution in [0.2, 0.25) is 0 Å². The Morgan fingerprint density at radius 1 is 1.06 bits per heavy atom. The second kappa shape index (κ2) is 8.87. The normalized spacial score (nSPS) is 14.8. The zero-order valence-electron chi connectivity index (χ0n) is 17.4. The first-order valence-electron chi connectivity index (χ1n) is 9.93. The number of ether oxygens (including phenoxy) is 2. The van der Waals surface area contributed by atoms with Crippen LogP contribution in [0.1, 0.15) is 34.1 Å². The van der Waals surface area contributed by atoms with Crippen LogP contribution in [0, 0.1) is 0 Å². The van der Waals surface area contributed by atoms with Gasteiger partial charge in [-0.3, -0.25) is 19.5 Å². The van der Waals surface area contributed by atoms with Gasteiger partial charge in [-0.15, -0.1) is 0 Å². The number of fused-ring (bicyclic) bond motifs is 1. The molecule has 7 nitrogen and oxygen atoms in total. The molecule has 1 aromatic heterocycles. The Morgan fingerprint density at radius 2 is 1.87 bits per heavy atom. The summed E-state index contributed by atoms with van der Waals surface area (Å²) in [6.07, 6.45) is 1.75. The van der Waals surface area contributed by atoms with Crippen molar-refractivity contribution in [2.45, 2.75) is 19.0 Å². The Bertz CT molecular complexity index is 1100. The van der Waals surface area contributed by atoms with E-state index in [9.17, 15) is 9.59 Å². The average Bonchev–Trinajstić information content (AvgIpc) is 3.09. The summed E-state index contributed by atoms with van der Waals surface area (Å²) in [6, 6.07) is 17.8. The first-order valence-corrected chi connectivity index (χ1v) is 9.93. The summed E-state index contributed by atoms with van der Waals surface area (Å²) in [5.41, 5.74) is 2.72. The molecule has 158 valence electrons. The molecular weight excluding hydrogens is 394 g/mol. The molecule has 0 aliphatic carbocycles. The Morgan fingerprint density at radius 3 is 2.61 bits per heavy atom. The van der Waals surface area contributed by atoms with E-state index in [0.29, 0.717) is 29.3 Å². The first-order chi connectivity index (χ1) is 15.1. The summed E-state index contributed by atoms with van der Waals surface area (Å²) < 4.78 is 10.6. The maximum atomic E-state index is 13.0. The number of benzene rings is 2. The fraction of sp³-hybridized carbons (Fsp3) is 0.208. The standard InChI is InChI=1S/C24H23N3O4/c1-30-18-11-10-16(21(13-18)31-2)15-26-22(28)14-20-23-19(9-6-12-25-23)24(29)27(20)17-7-4-3-5-8-17/h3-13,20H,14-15H2,1-2H3,(H,26,28)/t20-/m1/s1. The second-order valence-corrected chi connectivity index (χ2v) is 7.12. The smallest absolute Gasteiger partial charge is 0.260 e. The molecule has 2 aromatic carbocycles. The molecule has 1 atom stereocenters. The molecule has 7 heteroatoms. The van der Waals surface area contributed by atoms with Crippen LogP contribution >= 0.6 is 0 Å². The third-order valence-corrected chi connectivity index (χ3v) is 5.30. The molecule has 0 unspecified atom stereocenters. The van der Waals surface area contributed by atoms with Crippen molar-refractivity contribution in [3.8, 4) is 11.5 Å². The van der Waals surface area contributed by atoms with Crippen molar-refractivity contribution in [3.63, 3.8) is 0 Å². The maximum Gasteiger partial charge on any atom is 0.260 e. The molecule has 0 saturated carbocycles. The number of nitrogens with one attached hydrogen (secondary N) is 1. The third kappa shape index (κ3) is 4.07. The SMILES string of the molecule is COc1ccc(CNC(=O)C[C@@H]2c3ncccc3C(=O)N2c2ccccc2)c(OC)c1. The molecule has 31 heavy (non-hydrogen) atoms. The van der Waals surface area contributed by atoms with Gasteiger partial charge in [0.25, 0.3) is 5.91 Å². The highest BCUT2D eigenvalue weighted by atomic mass is 16.5. The van der Waals surface area contributed by atoms with Crippen molar-refractivity contribution in [3.05, 3.63) is 83.7 Å². The van der Waals surface area contributed by atoms with Gasteiger partial charge in [-0.1, -0.05) is 18.2 Å². The van der Waals surface area contributed by atoms with Gasteiger partial charge in [-0.2, -0.15) is 0 Å². The summed E-state index contributed by atoms with van der Waals surface area (Å²) >= 11 is 0. The van der Waals surface area contributed by atoms with E-state index < -0.39 is 6.04 Å². The fourth-order valence-electron chi connectivity index (χ4n) is 3.77. The van der Waals surface area contributed by atoms with Crippen LogP contribution in [-0.4, -0.2) is 31.0 Å². The number of nitrogens with zero attached hydrogens (tertiary/aromatic N) is 2. The molecule has 2 heterocycles. The molecule has 3 aromatic rings. The van der Waals surface area contributed by atoms with Gasteiger partial charge in [0.05, 0.1) is 37.9 Å². The van der Waals surface area contributed by atoms with Crippen LogP contribution in [0.25, 0.3) is 0 Å². The molecule has 1 aliphatic heterocycles. The molecule has 1 N–H and O–H groups in total. The van der Waals surface area contributed by atoms with E-state index in [0.717, 1.165) is 11.3 Å². The molecule has 2 amide bonds. The molecule has 0 radical (unpaired) electrons. The van der Waals surface area contributed by atoms with Gasteiger partial charge < -0.3 is 14.8 Å². The number of hydrogen-bond donors (Lipinski definition) is 1. The van der Waals surface area contributed by atoms with E-state index in [1.807, 2.05) is 42.5 Å². The summed E-state index contributed by atoms with van der Waals surface area (Å²) in [5, 5.41) is 2.93. The van der Waals surface area contributed by atoms with Crippen LogP contribution in [0.15, 0.2) is 66.9 Å². The summed E-state index contributed by atoms with van der Waals surface area (Å²) in [7, 11) is 3.16. The lowest BCUT2D eigenvalue weighted by atomic mass is 10.1. The number of methoxy groups -OCH3 is 2. The number of anilines is 1. The highest BCUT2D eigenvalue weighted by Crippen LogP contribution is 2.38. The van der Waals surface area contributed by atoms with E-state index in [1.54, 1.807) is 43.5 Å². The highest BCUT2D eigenvalue weighted by Gasteiger charge is 2.39. The summed E-state index contributed by atoms with van der Waals surface area (Å²) in [5.74, 6) is 0.977. The molecule has 4 rings (SSSR count). The largest absolute Gasteiger partial charge is 0.497 e. The molecule has 0 bridgehead atoms. The molecule has 0 spiro atoms. The number of amides is 2. The van der Waals surface area contributed by atoms with Crippen LogP contribution in [0.3, 0.4) is 0 Å². The lowest BCUT2D eigenvalue weighted by Crippen LogP contribution is -2.33. The van der Waals surface area contributed by atoms with E-state index in [4.69, 9.17) is 9.47 Å². The molecule has 1 aliphatic rings. The van der Waals surface area contributed by atoms with Gasteiger partial charge in [0.1, 0.15) is 11.5 Å². The summed E-state index contributed by atoms with van der Waals surface area (Å²) in [4.78, 5) is 31.9. The first kappa shape index (κ1) is 20.4. The summed E-state index contributed by atoms with van der Waals surface area (Å²) in [6.45, 7) is 0.299. The van der Waals surface area contributed by atoms with Crippen molar-refractivity contribution in [1.82, 2.24) is 10.3 Å². The van der Waals surface area contributed by atoms with Crippen molar-refractivity contribution in [1.29, 1.82) is 0 Å². The zero-order valence-corrected chi connectivity index (χ0v) is 17.4. The number of aromatic nitrogens is 1. The van der Waals surface area contributed by atoms with Gasteiger partial charge in [0.15, 0.2) is 0 Å². The van der Waals surface area contributed by atoms with Crippen LogP contribution < -0.4 is 19.7 Å². The maximum absolute atomic E-state index is 13.0. The number of rotatable bonds is 7. The monoisotopic (exact) mass is 417 g/mol. The van der Waals surface area contributed by atoms with Gasteiger partial charge >= 0.3 is 0 Å². The van der Waals surface area contributed by atoms with E-state index in [-0.39, 0.29) is 18.2 Å². The number of pyridine rings is 1. The van der Waals surface area contributed by atoms with E-state index in [2.05, 4.69) is 10.3 Å². The average molecular weight is 417 g/mol. The minimum atomic E-state index is -0.469. The van der Waals surface area contributed by atoms with Gasteiger partial charge in [-0.05, 0) is 36.4 Å². The number of carbonyl (C=O) groups excluding carboxylic acids is 2. The van der Waals surface area contributed by atoms with Gasteiger partial charge in [0, 0.05) is 30.1 Å². The topological polar surface area (TPSA) is 80.8 Å². The van der Waals surface area contributed by atoms with Crippen molar-refractivity contribution < 1.29 is 19.1 Å². The fourth-order valence-corrected chi connectivity index (χ4v) is 3.77. The third-order valence-electron chi connectivity index (χ3n) is 5.30. The van der Waals surface area contributed by atoms with Crippen LogP contribution in [0.5, 0.6) is 11.5 Å². The van der Waals surface area contributed by atoms with E-state index in [1.165, 1.54) is 0 Å². The molecule has 0 saturated heterocycles. The quantitative estimate of drug-likeness (QED) is 0.636. The number of carbonyl (C=O) groups is 2. The van der Waals surface area contributed by atoms with Crippen molar-refractivity contribution in [2.24, 2.45) is 0 Å². The van der Waals surface area contributed by atoms with Crippen LogP contribution in [-0.2, 0) is 11.3 Å². The number of para-hydroxylation sites is 1. The predicted molar refractivity (Wildman–Crippen MR) is 116 cm³/mol. The van der Waals surface area contributed by atoms with Crippen molar-refractivity contribution >= 4 is 17.5 Å². The minimum Gasteiger partial charge on any atom is -0.497 e. The number of hydrogen-bond acceptors (Lipinski definition) is 5.